The molecule has 1 unspecified atom stereocenters. The monoisotopic (exact) mass is 400 g/mol. The molecule has 0 aromatic carbocycles. The van der Waals surface area contributed by atoms with Gasteiger partial charge >= 0.3 is 0 Å². The van der Waals surface area contributed by atoms with Crippen LogP contribution in [0.15, 0.2) is 0 Å². The molecule has 1 aromatic rings. The zero-order valence-corrected chi connectivity index (χ0v) is 17.9. The minimum Gasteiger partial charge on any atom is -0.338 e. The SMILES string of the molecule is CCCCCCC(CCCCC)c1c(Cl)nc(N2CCNCC2)nc1Cl. The van der Waals surface area contributed by atoms with Crippen LogP contribution in [0.5, 0.6) is 0 Å². The van der Waals surface area contributed by atoms with E-state index in [0.29, 0.717) is 22.2 Å². The van der Waals surface area contributed by atoms with Gasteiger partial charge < -0.3 is 10.2 Å². The number of aromatic nitrogens is 2. The lowest BCUT2D eigenvalue weighted by Gasteiger charge is -2.28. The number of unbranched alkanes of at least 4 members (excludes halogenated alkanes) is 5. The van der Waals surface area contributed by atoms with Gasteiger partial charge in [0, 0.05) is 31.7 Å². The Balaban J connectivity index is 2.13. The molecule has 2 heterocycles. The Morgan fingerprint density at radius 3 is 2.00 bits per heavy atom. The van der Waals surface area contributed by atoms with E-state index >= 15 is 0 Å². The second-order valence-electron chi connectivity index (χ2n) is 7.30. The van der Waals surface area contributed by atoms with Crippen LogP contribution in [-0.4, -0.2) is 36.1 Å². The summed E-state index contributed by atoms with van der Waals surface area (Å²) >= 11 is 13.2. The van der Waals surface area contributed by atoms with E-state index in [9.17, 15) is 0 Å². The van der Waals surface area contributed by atoms with Crippen molar-refractivity contribution in [2.24, 2.45) is 0 Å². The van der Waals surface area contributed by atoms with Gasteiger partial charge in [-0.15, -0.1) is 0 Å². The van der Waals surface area contributed by atoms with E-state index < -0.39 is 0 Å². The van der Waals surface area contributed by atoms with Gasteiger partial charge in [-0.25, -0.2) is 9.97 Å². The first-order valence-electron chi connectivity index (χ1n) is 10.4. The minimum atomic E-state index is 0.371. The fourth-order valence-electron chi connectivity index (χ4n) is 3.64. The molecule has 1 aliphatic rings. The molecule has 0 spiro atoms. The second-order valence-corrected chi connectivity index (χ2v) is 8.01. The molecule has 0 radical (unpaired) electrons. The summed E-state index contributed by atoms with van der Waals surface area (Å²) in [6.45, 7) is 8.15. The summed E-state index contributed by atoms with van der Waals surface area (Å²) in [6.07, 6.45) is 11.0. The summed E-state index contributed by atoms with van der Waals surface area (Å²) in [5, 5.41) is 4.45. The van der Waals surface area contributed by atoms with E-state index in [1.54, 1.807) is 0 Å². The average Bonchev–Trinajstić information content (AvgIpc) is 2.65. The highest BCUT2D eigenvalue weighted by Gasteiger charge is 2.23. The van der Waals surface area contributed by atoms with Crippen LogP contribution in [0.1, 0.15) is 83.1 Å². The molecule has 0 bridgehead atoms. The second kappa shape index (κ2) is 12.0. The lowest BCUT2D eigenvalue weighted by atomic mass is 9.90. The molecular formula is C20H34Cl2N4. The smallest absolute Gasteiger partial charge is 0.228 e. The first-order valence-corrected chi connectivity index (χ1v) is 11.1. The van der Waals surface area contributed by atoms with E-state index in [2.05, 4.69) is 34.0 Å². The van der Waals surface area contributed by atoms with Crippen molar-refractivity contribution in [1.82, 2.24) is 15.3 Å². The highest BCUT2D eigenvalue weighted by Crippen LogP contribution is 2.37. The van der Waals surface area contributed by atoms with E-state index in [1.165, 1.54) is 44.9 Å². The molecule has 1 fully saturated rings. The van der Waals surface area contributed by atoms with Crippen molar-refractivity contribution in [3.05, 3.63) is 15.9 Å². The van der Waals surface area contributed by atoms with Gasteiger partial charge in [0.25, 0.3) is 0 Å². The maximum atomic E-state index is 6.62. The summed E-state index contributed by atoms with van der Waals surface area (Å²) < 4.78 is 0. The molecule has 1 saturated heterocycles. The molecule has 0 aliphatic carbocycles. The van der Waals surface area contributed by atoms with Crippen molar-refractivity contribution < 1.29 is 0 Å². The molecule has 0 saturated carbocycles. The summed E-state index contributed by atoms with van der Waals surface area (Å²) in [5.74, 6) is 1.04. The zero-order valence-electron chi connectivity index (χ0n) is 16.4. The Labute approximate surface area is 169 Å². The molecule has 4 nitrogen and oxygen atoms in total. The zero-order chi connectivity index (χ0) is 18.8. The first kappa shape index (κ1) is 21.7. The number of anilines is 1. The van der Waals surface area contributed by atoms with Gasteiger partial charge in [0.15, 0.2) is 0 Å². The normalized spacial score (nSPS) is 16.1. The Bertz CT molecular complexity index is 510. The van der Waals surface area contributed by atoms with Crippen LogP contribution in [-0.2, 0) is 0 Å². The number of hydrogen-bond acceptors (Lipinski definition) is 4. The number of piperazine rings is 1. The minimum absolute atomic E-state index is 0.371. The topological polar surface area (TPSA) is 41.1 Å². The van der Waals surface area contributed by atoms with Gasteiger partial charge in [-0.1, -0.05) is 82.0 Å². The first-order chi connectivity index (χ1) is 12.7. The third-order valence-electron chi connectivity index (χ3n) is 5.21. The van der Waals surface area contributed by atoms with Crippen LogP contribution in [0.25, 0.3) is 0 Å². The number of nitrogens with zero attached hydrogens (tertiary/aromatic N) is 3. The van der Waals surface area contributed by atoms with E-state index in [-0.39, 0.29) is 0 Å². The standard InChI is InChI=1S/C20H34Cl2N4/c1-3-5-7-9-11-16(10-8-6-4-2)17-18(21)24-20(25-19(17)22)26-14-12-23-13-15-26/h16,23H,3-15H2,1-2H3. The lowest BCUT2D eigenvalue weighted by Crippen LogP contribution is -2.44. The fraction of sp³-hybridized carbons (Fsp3) is 0.800. The Morgan fingerprint density at radius 2 is 1.42 bits per heavy atom. The maximum Gasteiger partial charge on any atom is 0.228 e. The molecule has 6 heteroatoms. The van der Waals surface area contributed by atoms with Crippen LogP contribution in [0.2, 0.25) is 10.3 Å². The van der Waals surface area contributed by atoms with Crippen LogP contribution in [0.4, 0.5) is 5.95 Å². The number of halogens is 2. The van der Waals surface area contributed by atoms with Crippen molar-refractivity contribution in [3.8, 4) is 0 Å². The van der Waals surface area contributed by atoms with Gasteiger partial charge in [0.1, 0.15) is 10.3 Å². The molecule has 1 atom stereocenters. The summed E-state index contributed by atoms with van der Waals surface area (Å²) in [4.78, 5) is 11.4. The number of hydrogen-bond donors (Lipinski definition) is 1. The lowest BCUT2D eigenvalue weighted by molar-refractivity contribution is 0.499. The van der Waals surface area contributed by atoms with E-state index in [0.717, 1.165) is 44.6 Å². The van der Waals surface area contributed by atoms with Crippen LogP contribution >= 0.6 is 23.2 Å². The molecule has 1 aliphatic heterocycles. The van der Waals surface area contributed by atoms with Crippen LogP contribution in [0, 0.1) is 0 Å². The predicted molar refractivity (Wildman–Crippen MR) is 113 cm³/mol. The number of nitrogens with one attached hydrogen (secondary N) is 1. The molecule has 148 valence electrons. The van der Waals surface area contributed by atoms with Gasteiger partial charge in [-0.05, 0) is 18.8 Å². The van der Waals surface area contributed by atoms with Gasteiger partial charge in [-0.2, -0.15) is 0 Å². The van der Waals surface area contributed by atoms with Crippen molar-refractivity contribution in [3.63, 3.8) is 0 Å². The summed E-state index contributed by atoms with van der Waals surface area (Å²) in [7, 11) is 0. The van der Waals surface area contributed by atoms with Crippen LogP contribution < -0.4 is 10.2 Å². The fourth-order valence-corrected chi connectivity index (χ4v) is 4.33. The molecular weight excluding hydrogens is 367 g/mol. The Kier molecular flexibility index (Phi) is 10.0. The Morgan fingerprint density at radius 1 is 0.885 bits per heavy atom. The molecule has 0 amide bonds. The third-order valence-corrected chi connectivity index (χ3v) is 5.79. The predicted octanol–water partition coefficient (Wildman–Crippen LogP) is 5.83. The molecule has 1 aromatic heterocycles. The quantitative estimate of drug-likeness (QED) is 0.374. The number of rotatable bonds is 11. The summed E-state index contributed by atoms with van der Waals surface area (Å²) in [6, 6.07) is 0. The van der Waals surface area contributed by atoms with Crippen molar-refractivity contribution in [2.75, 3.05) is 31.1 Å². The van der Waals surface area contributed by atoms with E-state index in [1.807, 2.05) is 0 Å². The maximum absolute atomic E-state index is 6.62. The van der Waals surface area contributed by atoms with Crippen LogP contribution in [0.3, 0.4) is 0 Å². The van der Waals surface area contributed by atoms with Gasteiger partial charge in [-0.3, -0.25) is 0 Å². The van der Waals surface area contributed by atoms with Crippen molar-refractivity contribution in [2.45, 2.75) is 77.6 Å². The Hall–Kier alpha value is -0.580. The third kappa shape index (κ3) is 6.54. The van der Waals surface area contributed by atoms with Gasteiger partial charge in [0.2, 0.25) is 5.95 Å². The summed E-state index contributed by atoms with van der Waals surface area (Å²) in [5.41, 5.74) is 0.972. The molecule has 2 rings (SSSR count). The highest BCUT2D eigenvalue weighted by atomic mass is 35.5. The average molecular weight is 401 g/mol. The molecule has 26 heavy (non-hydrogen) atoms. The van der Waals surface area contributed by atoms with E-state index in [4.69, 9.17) is 23.2 Å². The highest BCUT2D eigenvalue weighted by molar-refractivity contribution is 6.34. The molecule has 1 N–H and O–H groups in total. The van der Waals surface area contributed by atoms with Crippen molar-refractivity contribution in [1.29, 1.82) is 0 Å². The largest absolute Gasteiger partial charge is 0.338 e. The van der Waals surface area contributed by atoms with Crippen molar-refractivity contribution >= 4 is 29.2 Å². The van der Waals surface area contributed by atoms with Gasteiger partial charge in [0.05, 0.1) is 0 Å².